The van der Waals surface area contributed by atoms with Gasteiger partial charge in [-0.3, -0.25) is 19.8 Å². The van der Waals surface area contributed by atoms with E-state index in [1.54, 1.807) is 41.0 Å². The zero-order chi connectivity index (χ0) is 22.1. The lowest BCUT2D eigenvalue weighted by Gasteiger charge is -2.30. The van der Waals surface area contributed by atoms with Gasteiger partial charge in [-0.1, -0.05) is 36.4 Å². The number of nitrogens with zero attached hydrogens (tertiary/aromatic N) is 1. The van der Waals surface area contributed by atoms with Crippen molar-refractivity contribution in [3.8, 4) is 5.75 Å². The van der Waals surface area contributed by atoms with E-state index < -0.39 is 35.7 Å². The molecule has 0 bridgehead atoms. The Morgan fingerprint density at radius 2 is 1.80 bits per heavy atom. The first-order chi connectivity index (χ1) is 14.1. The number of halogens is 3. The van der Waals surface area contributed by atoms with Gasteiger partial charge in [-0.05, 0) is 30.7 Å². The van der Waals surface area contributed by atoms with Gasteiger partial charge < -0.3 is 10.1 Å². The molecule has 0 unspecified atom stereocenters. The third kappa shape index (κ3) is 3.56. The lowest BCUT2D eigenvalue weighted by atomic mass is 10.0. The maximum absolute atomic E-state index is 14.0. The number of nitrogens with one attached hydrogen (secondary N) is 2. The minimum Gasteiger partial charge on any atom is -0.497 e. The minimum atomic E-state index is -5.29. The lowest BCUT2D eigenvalue weighted by molar-refractivity contribution is -0.200. The zero-order valence-corrected chi connectivity index (χ0v) is 16.0. The molecule has 158 valence electrons. The van der Waals surface area contributed by atoms with Crippen molar-refractivity contribution in [3.05, 3.63) is 65.7 Å². The monoisotopic (exact) mass is 421 g/mol. The highest BCUT2D eigenvalue weighted by molar-refractivity contribution is 6.10. The van der Waals surface area contributed by atoms with Gasteiger partial charge in [-0.15, -0.1) is 0 Å². The topological polar surface area (TPSA) is 87.7 Å². The average molecular weight is 421 g/mol. The molecule has 1 fully saturated rings. The molecule has 2 aromatic carbocycles. The molecule has 10 heteroatoms. The molecule has 0 radical (unpaired) electrons. The predicted octanol–water partition coefficient (Wildman–Crippen LogP) is 3.00. The lowest BCUT2D eigenvalue weighted by Crippen LogP contribution is -2.69. The first-order valence-corrected chi connectivity index (χ1v) is 8.85. The summed E-state index contributed by atoms with van der Waals surface area (Å²) < 4.78 is 47.0. The van der Waals surface area contributed by atoms with Crippen LogP contribution in [-0.4, -0.2) is 41.7 Å². The number of carbonyl (C=O) groups is 3. The molecule has 30 heavy (non-hydrogen) atoms. The molecule has 0 spiro atoms. The van der Waals surface area contributed by atoms with E-state index in [-0.39, 0.29) is 11.3 Å². The van der Waals surface area contributed by atoms with E-state index in [9.17, 15) is 27.6 Å². The first kappa shape index (κ1) is 21.2. The van der Waals surface area contributed by atoms with Crippen molar-refractivity contribution in [1.82, 2.24) is 15.5 Å². The van der Waals surface area contributed by atoms with Gasteiger partial charge in [0.05, 0.1) is 13.2 Å². The maximum atomic E-state index is 14.0. The second-order valence-corrected chi connectivity index (χ2v) is 6.63. The van der Waals surface area contributed by atoms with Gasteiger partial charge in [0.25, 0.3) is 17.5 Å². The fourth-order valence-electron chi connectivity index (χ4n) is 3.13. The molecule has 1 saturated heterocycles. The summed E-state index contributed by atoms with van der Waals surface area (Å²) in [5.74, 6) is -2.58. The van der Waals surface area contributed by atoms with Crippen LogP contribution in [0, 0.1) is 0 Å². The highest BCUT2D eigenvalue weighted by Gasteiger charge is 2.69. The molecule has 2 aromatic rings. The van der Waals surface area contributed by atoms with Gasteiger partial charge in [-0.25, -0.2) is 4.79 Å². The Balaban J connectivity index is 1.96. The fourth-order valence-corrected chi connectivity index (χ4v) is 3.13. The van der Waals surface area contributed by atoms with Gasteiger partial charge in [0.1, 0.15) is 5.75 Å². The molecule has 2 atom stereocenters. The third-order valence-electron chi connectivity index (χ3n) is 4.78. The Bertz CT molecular complexity index is 981. The van der Waals surface area contributed by atoms with Crippen molar-refractivity contribution in [2.45, 2.75) is 24.8 Å². The van der Waals surface area contributed by atoms with Crippen molar-refractivity contribution in [1.29, 1.82) is 0 Å². The highest BCUT2D eigenvalue weighted by atomic mass is 19.4. The normalized spacial score (nSPS) is 20.0. The largest absolute Gasteiger partial charge is 0.497 e. The van der Waals surface area contributed by atoms with Crippen LogP contribution in [0.25, 0.3) is 0 Å². The maximum Gasteiger partial charge on any atom is 0.440 e. The average Bonchev–Trinajstić information content (AvgIpc) is 2.98. The third-order valence-corrected chi connectivity index (χ3v) is 4.78. The number of benzene rings is 2. The summed E-state index contributed by atoms with van der Waals surface area (Å²) in [6.07, 6.45) is -5.29. The quantitative estimate of drug-likeness (QED) is 0.727. The molecule has 0 saturated carbocycles. The number of hydrogen-bond donors (Lipinski definition) is 2. The number of rotatable bonds is 5. The van der Waals surface area contributed by atoms with E-state index in [0.717, 1.165) is 0 Å². The number of imide groups is 1. The van der Waals surface area contributed by atoms with Crippen molar-refractivity contribution in [3.63, 3.8) is 0 Å². The number of ether oxygens (including phenoxy) is 1. The Morgan fingerprint density at radius 3 is 2.40 bits per heavy atom. The molecule has 1 heterocycles. The SMILES string of the molecule is COc1cccc(C(=O)N[C@@]2(C(F)(F)F)NC(=O)N([C@H](C)c3ccccc3)C2=O)c1. The smallest absolute Gasteiger partial charge is 0.440 e. The molecule has 1 aliphatic rings. The van der Waals surface area contributed by atoms with Crippen LogP contribution in [-0.2, 0) is 4.79 Å². The van der Waals surface area contributed by atoms with Gasteiger partial charge in [0.15, 0.2) is 0 Å². The summed E-state index contributed by atoms with van der Waals surface area (Å²) in [5, 5.41) is 3.31. The van der Waals surface area contributed by atoms with Crippen molar-refractivity contribution >= 4 is 17.8 Å². The van der Waals surface area contributed by atoms with Gasteiger partial charge in [0.2, 0.25) is 0 Å². The molecular weight excluding hydrogens is 403 g/mol. The Hall–Kier alpha value is -3.56. The van der Waals surface area contributed by atoms with Gasteiger partial charge >= 0.3 is 12.2 Å². The molecular formula is C20H18F3N3O4. The Kier molecular flexibility index (Phi) is 5.43. The summed E-state index contributed by atoms with van der Waals surface area (Å²) in [5.41, 5.74) is -3.31. The van der Waals surface area contributed by atoms with Crippen molar-refractivity contribution < 1.29 is 32.3 Å². The first-order valence-electron chi connectivity index (χ1n) is 8.85. The number of urea groups is 1. The van der Waals surface area contributed by atoms with Crippen LogP contribution in [0.2, 0.25) is 0 Å². The van der Waals surface area contributed by atoms with Gasteiger partial charge in [-0.2, -0.15) is 13.2 Å². The van der Waals surface area contributed by atoms with Crippen LogP contribution in [0.3, 0.4) is 0 Å². The second-order valence-electron chi connectivity index (χ2n) is 6.63. The van der Waals surface area contributed by atoms with E-state index in [1.165, 1.54) is 38.3 Å². The van der Waals surface area contributed by atoms with Crippen LogP contribution in [0.5, 0.6) is 5.75 Å². The van der Waals surface area contributed by atoms with Crippen LogP contribution in [0.15, 0.2) is 54.6 Å². The number of amides is 4. The molecule has 7 nitrogen and oxygen atoms in total. The van der Waals surface area contributed by atoms with E-state index in [1.807, 2.05) is 0 Å². The van der Waals surface area contributed by atoms with E-state index in [0.29, 0.717) is 10.5 Å². The predicted molar refractivity (Wildman–Crippen MR) is 99.5 cm³/mol. The Morgan fingerprint density at radius 1 is 1.13 bits per heavy atom. The molecule has 0 aromatic heterocycles. The zero-order valence-electron chi connectivity index (χ0n) is 16.0. The van der Waals surface area contributed by atoms with E-state index in [2.05, 4.69) is 0 Å². The standard InChI is InChI=1S/C20H18F3N3O4/c1-12(13-7-4-3-5-8-13)26-17(28)19(20(21,22)23,25-18(26)29)24-16(27)14-9-6-10-15(11-14)30-2/h3-12H,1-2H3,(H,24,27)(H,25,29)/t12-,19-/m1/s1. The van der Waals surface area contributed by atoms with Crippen LogP contribution >= 0.6 is 0 Å². The Labute approximate surface area is 169 Å². The second kappa shape index (κ2) is 7.69. The molecule has 1 aliphatic heterocycles. The minimum absolute atomic E-state index is 0.172. The summed E-state index contributed by atoms with van der Waals surface area (Å²) in [6.45, 7) is 1.42. The molecule has 4 amide bonds. The number of alkyl halides is 3. The molecule has 0 aliphatic carbocycles. The summed E-state index contributed by atoms with van der Waals surface area (Å²) in [7, 11) is 1.33. The van der Waals surface area contributed by atoms with Crippen molar-refractivity contribution in [2.24, 2.45) is 0 Å². The summed E-state index contributed by atoms with van der Waals surface area (Å²) in [6, 6.07) is 11.2. The van der Waals surface area contributed by atoms with E-state index >= 15 is 0 Å². The van der Waals surface area contributed by atoms with Crippen LogP contribution in [0.4, 0.5) is 18.0 Å². The number of carbonyl (C=O) groups excluding carboxylic acids is 3. The van der Waals surface area contributed by atoms with Crippen LogP contribution in [0.1, 0.15) is 28.9 Å². The fraction of sp³-hybridized carbons (Fsp3) is 0.250. The molecule has 2 N–H and O–H groups in total. The molecule has 3 rings (SSSR count). The van der Waals surface area contributed by atoms with Crippen molar-refractivity contribution in [2.75, 3.05) is 7.11 Å². The van der Waals surface area contributed by atoms with E-state index in [4.69, 9.17) is 4.74 Å². The highest BCUT2D eigenvalue weighted by Crippen LogP contribution is 2.37. The summed E-state index contributed by atoms with van der Waals surface area (Å²) >= 11 is 0. The number of methoxy groups -OCH3 is 1. The number of hydrogen-bond acceptors (Lipinski definition) is 4. The van der Waals surface area contributed by atoms with Gasteiger partial charge in [0, 0.05) is 5.56 Å². The summed E-state index contributed by atoms with van der Waals surface area (Å²) in [4.78, 5) is 38.3. The van der Waals surface area contributed by atoms with Crippen LogP contribution < -0.4 is 15.4 Å².